The molecule has 0 radical (unpaired) electrons. The topological polar surface area (TPSA) is 63.6 Å². The summed E-state index contributed by atoms with van der Waals surface area (Å²) in [5.74, 6) is 2.27. The Labute approximate surface area is 382 Å². The largest absolute Gasteiger partial charge is 0.508 e. The van der Waals surface area contributed by atoms with Gasteiger partial charge in [-0.25, -0.2) is 8.42 Å². The molecule has 1 N–H and O–H groups in total. The number of phenolic OH excluding ortho intramolecular Hbond substituents is 1. The van der Waals surface area contributed by atoms with Gasteiger partial charge in [0.1, 0.15) is 17.2 Å². The Morgan fingerprint density at radius 3 is 1.00 bits per heavy atom. The van der Waals surface area contributed by atoms with Crippen LogP contribution in [0.15, 0.2) is 204 Å². The normalized spacial score (nSPS) is 11.9. The van der Waals surface area contributed by atoms with E-state index in [1.54, 1.807) is 48.5 Å². The van der Waals surface area contributed by atoms with Crippen molar-refractivity contribution in [2.45, 2.75) is 56.7 Å². The minimum Gasteiger partial charge on any atom is -0.508 e. The fraction of sp³-hybridized carbons (Fsp3) is 0.133. The minimum atomic E-state index is -3.68. The number of sulfone groups is 1. The van der Waals surface area contributed by atoms with E-state index < -0.39 is 9.84 Å². The molecule has 0 amide bonds. The van der Waals surface area contributed by atoms with Crippen molar-refractivity contribution in [3.8, 4) is 50.6 Å². The average Bonchev–Trinajstić information content (AvgIpc) is 3.31. The number of rotatable bonds is 7. The van der Waals surface area contributed by atoms with Crippen molar-refractivity contribution in [1.82, 2.24) is 0 Å². The van der Waals surface area contributed by atoms with Gasteiger partial charge in [-0.3, -0.25) is 0 Å². The highest BCUT2D eigenvalue weighted by Crippen LogP contribution is 2.50. The van der Waals surface area contributed by atoms with Gasteiger partial charge in [-0.2, -0.15) is 0 Å². The molecule has 0 atom stereocenters. The van der Waals surface area contributed by atoms with Crippen molar-refractivity contribution in [1.29, 1.82) is 0 Å². The van der Waals surface area contributed by atoms with E-state index >= 15 is 0 Å². The minimum absolute atomic E-state index is 0.0674. The van der Waals surface area contributed by atoms with Crippen molar-refractivity contribution < 1.29 is 18.3 Å². The maximum absolute atomic E-state index is 13.5. The third-order valence-electron chi connectivity index (χ3n) is 11.8. The van der Waals surface area contributed by atoms with E-state index in [1.807, 2.05) is 36.4 Å². The zero-order chi connectivity index (χ0) is 45.5. The SMILES string of the molecule is CC(C)(C)c1ccc(S(=O)(=O)c2ccc(Oc3ccc(-c4c5ccccc5c(-c5c6ccccc6c(-c6ccc(O)cc6)c6ccccc56)c5ccccc45)cc3)cc2)cc1.CC(C)C. The summed E-state index contributed by atoms with van der Waals surface area (Å²) >= 11 is 0. The van der Waals surface area contributed by atoms with Gasteiger partial charge in [-0.15, -0.1) is 0 Å². The highest BCUT2D eigenvalue weighted by Gasteiger charge is 2.23. The Morgan fingerprint density at radius 1 is 0.400 bits per heavy atom. The van der Waals surface area contributed by atoms with Gasteiger partial charge in [-0.1, -0.05) is 175 Å². The predicted octanol–water partition coefficient (Wildman–Crippen LogP) is 16.6. The van der Waals surface area contributed by atoms with Crippen LogP contribution in [0.3, 0.4) is 0 Å². The molecule has 10 rings (SSSR count). The van der Waals surface area contributed by atoms with Gasteiger partial charge in [0, 0.05) is 0 Å². The molecule has 4 nitrogen and oxygen atoms in total. The predicted molar refractivity (Wildman–Crippen MR) is 272 cm³/mol. The first-order valence-corrected chi connectivity index (χ1v) is 23.7. The van der Waals surface area contributed by atoms with Gasteiger partial charge in [0.05, 0.1) is 9.79 Å². The highest BCUT2D eigenvalue weighted by atomic mass is 32.2. The first-order chi connectivity index (χ1) is 31.3. The summed E-state index contributed by atoms with van der Waals surface area (Å²) in [7, 11) is -3.68. The second-order valence-corrected chi connectivity index (χ2v) is 20.3. The van der Waals surface area contributed by atoms with E-state index in [0.717, 1.165) is 76.8 Å². The van der Waals surface area contributed by atoms with Crippen molar-refractivity contribution >= 4 is 52.9 Å². The number of benzene rings is 10. The number of hydrogen-bond acceptors (Lipinski definition) is 4. The molecule has 0 aliphatic rings. The number of ether oxygens (including phenoxy) is 1. The fourth-order valence-electron chi connectivity index (χ4n) is 8.83. The van der Waals surface area contributed by atoms with Crippen LogP contribution in [-0.2, 0) is 15.3 Å². The van der Waals surface area contributed by atoms with E-state index in [-0.39, 0.29) is 21.0 Å². The van der Waals surface area contributed by atoms with Crippen molar-refractivity contribution in [2.24, 2.45) is 5.92 Å². The molecule has 0 unspecified atom stereocenters. The van der Waals surface area contributed by atoms with E-state index in [4.69, 9.17) is 4.74 Å². The molecular weight excluding hydrogens is 817 g/mol. The highest BCUT2D eigenvalue weighted by molar-refractivity contribution is 7.91. The van der Waals surface area contributed by atoms with Crippen LogP contribution in [0.1, 0.15) is 47.1 Å². The summed E-state index contributed by atoms with van der Waals surface area (Å²) in [6.45, 7) is 12.8. The first kappa shape index (κ1) is 43.1. The van der Waals surface area contributed by atoms with E-state index in [2.05, 4.69) is 151 Å². The number of hydrogen-bond donors (Lipinski definition) is 1. The molecule has 0 spiro atoms. The van der Waals surface area contributed by atoms with Crippen LogP contribution in [0.2, 0.25) is 0 Å². The van der Waals surface area contributed by atoms with Gasteiger partial charge >= 0.3 is 0 Å². The third kappa shape index (κ3) is 8.36. The van der Waals surface area contributed by atoms with Crippen LogP contribution in [0.4, 0.5) is 0 Å². The zero-order valence-electron chi connectivity index (χ0n) is 37.6. The van der Waals surface area contributed by atoms with E-state index in [0.29, 0.717) is 11.5 Å². The van der Waals surface area contributed by atoms with Crippen LogP contribution in [0.5, 0.6) is 17.2 Å². The van der Waals surface area contributed by atoms with Crippen LogP contribution < -0.4 is 4.74 Å². The molecule has 0 aliphatic carbocycles. The maximum Gasteiger partial charge on any atom is 0.206 e. The number of phenols is 1. The zero-order valence-corrected chi connectivity index (χ0v) is 38.4. The Bertz CT molecular complexity index is 3340. The van der Waals surface area contributed by atoms with E-state index in [9.17, 15) is 13.5 Å². The smallest absolute Gasteiger partial charge is 0.206 e. The monoisotopic (exact) mass is 868 g/mol. The molecular formula is C60H52O4S. The second-order valence-electron chi connectivity index (χ2n) is 18.3. The lowest BCUT2D eigenvalue weighted by molar-refractivity contribution is 0.475. The molecule has 0 saturated heterocycles. The molecule has 0 saturated carbocycles. The van der Waals surface area contributed by atoms with Crippen molar-refractivity contribution in [2.75, 3.05) is 0 Å². The lowest BCUT2D eigenvalue weighted by atomic mass is 9.81. The van der Waals surface area contributed by atoms with Crippen LogP contribution >= 0.6 is 0 Å². The summed E-state index contributed by atoms with van der Waals surface area (Å²) < 4.78 is 33.2. The molecule has 10 aromatic rings. The quantitative estimate of drug-likeness (QED) is 0.162. The van der Waals surface area contributed by atoms with Crippen molar-refractivity contribution in [3.05, 3.63) is 200 Å². The standard InChI is InChI=1S/C56H42O4S.C4H10/c1-56(2,3)38-24-32-42(33-25-38)61(58,59)43-34-30-41(31-35-43)60-40-28-22-37(23-29-40)53-46-14-6-10-18-50(46)55(51-19-11-7-15-47(51)53)54-48-16-8-4-12-44(48)52(36-20-26-39(57)27-21-36)45-13-5-9-17-49(45)54;1-4(2)3/h4-35,57H,1-3H3;4H,1-3H3. The molecule has 0 aliphatic heterocycles. The summed E-state index contributed by atoms with van der Waals surface area (Å²) in [5.41, 5.74) is 7.78. The molecule has 0 fully saturated rings. The van der Waals surface area contributed by atoms with E-state index in [1.165, 1.54) is 11.1 Å². The average molecular weight is 869 g/mol. The lowest BCUT2D eigenvalue weighted by Gasteiger charge is -2.22. The number of aromatic hydroxyl groups is 1. The van der Waals surface area contributed by atoms with Gasteiger partial charge in [0.2, 0.25) is 9.84 Å². The van der Waals surface area contributed by atoms with Gasteiger partial charge < -0.3 is 9.84 Å². The van der Waals surface area contributed by atoms with Crippen LogP contribution in [0, 0.1) is 5.92 Å². The Balaban J connectivity index is 0.00000128. The summed E-state index contributed by atoms with van der Waals surface area (Å²) in [4.78, 5) is 0.484. The molecule has 5 heteroatoms. The van der Waals surface area contributed by atoms with Crippen LogP contribution in [-0.4, -0.2) is 13.5 Å². The maximum atomic E-state index is 13.5. The molecule has 10 aromatic carbocycles. The van der Waals surface area contributed by atoms with Crippen molar-refractivity contribution in [3.63, 3.8) is 0 Å². The summed E-state index contributed by atoms with van der Waals surface area (Å²) in [5, 5.41) is 19.4. The van der Waals surface area contributed by atoms with Gasteiger partial charge in [0.15, 0.2) is 0 Å². The molecule has 65 heavy (non-hydrogen) atoms. The lowest BCUT2D eigenvalue weighted by Crippen LogP contribution is -2.11. The fourth-order valence-corrected chi connectivity index (χ4v) is 10.1. The Hall–Kier alpha value is -7.21. The summed E-state index contributed by atoms with van der Waals surface area (Å²) in [6, 6.07) is 64.1. The Morgan fingerprint density at radius 2 is 0.677 bits per heavy atom. The Kier molecular flexibility index (Phi) is 11.5. The molecule has 0 heterocycles. The summed E-state index contributed by atoms with van der Waals surface area (Å²) in [6.07, 6.45) is 0. The molecule has 0 bridgehead atoms. The third-order valence-corrected chi connectivity index (χ3v) is 13.6. The van der Waals surface area contributed by atoms with Gasteiger partial charge in [-0.05, 0) is 154 Å². The number of fused-ring (bicyclic) bond motifs is 4. The van der Waals surface area contributed by atoms with Crippen LogP contribution in [0.25, 0.3) is 76.5 Å². The van der Waals surface area contributed by atoms with Gasteiger partial charge in [0.25, 0.3) is 0 Å². The molecule has 0 aromatic heterocycles. The first-order valence-electron chi connectivity index (χ1n) is 22.2. The second kappa shape index (κ2) is 17.4. The molecule has 322 valence electrons.